The number of nitrogens with one attached hydrogen (secondary N) is 1. The molecule has 88 valence electrons. The van der Waals surface area contributed by atoms with Gasteiger partial charge < -0.3 is 5.32 Å². The summed E-state index contributed by atoms with van der Waals surface area (Å²) >= 11 is 0. The normalized spacial score (nSPS) is 10.3. The van der Waals surface area contributed by atoms with Crippen LogP contribution in [-0.4, -0.2) is 4.98 Å². The Morgan fingerprint density at radius 1 is 1.06 bits per heavy atom. The van der Waals surface area contributed by atoms with Crippen LogP contribution in [-0.2, 0) is 6.54 Å². The van der Waals surface area contributed by atoms with Gasteiger partial charge in [-0.25, -0.2) is 13.2 Å². The van der Waals surface area contributed by atoms with Crippen LogP contribution in [0.25, 0.3) is 0 Å². The van der Waals surface area contributed by atoms with E-state index in [1.54, 1.807) is 0 Å². The molecule has 0 aliphatic carbocycles. The molecule has 0 atom stereocenters. The number of nitrogens with zero attached hydrogens (tertiary/aromatic N) is 1. The Hall–Kier alpha value is -2.04. The van der Waals surface area contributed by atoms with Gasteiger partial charge in [0.2, 0.25) is 0 Å². The summed E-state index contributed by atoms with van der Waals surface area (Å²) in [6, 6.07) is 4.82. The molecule has 0 radical (unpaired) electrons. The zero-order chi connectivity index (χ0) is 12.3. The van der Waals surface area contributed by atoms with Crippen molar-refractivity contribution in [3.8, 4) is 0 Å². The molecule has 1 aromatic heterocycles. The number of para-hydroxylation sites is 1. The number of benzene rings is 1. The van der Waals surface area contributed by atoms with Crippen molar-refractivity contribution >= 4 is 5.69 Å². The Kier molecular flexibility index (Phi) is 3.27. The second-order valence-corrected chi connectivity index (χ2v) is 3.46. The van der Waals surface area contributed by atoms with E-state index in [9.17, 15) is 13.2 Å². The molecular formula is C12H9F3N2. The zero-order valence-corrected chi connectivity index (χ0v) is 8.75. The predicted molar refractivity (Wildman–Crippen MR) is 57.9 cm³/mol. The Bertz CT molecular complexity index is 509. The van der Waals surface area contributed by atoms with Gasteiger partial charge in [-0.15, -0.1) is 0 Å². The van der Waals surface area contributed by atoms with Gasteiger partial charge in [-0.2, -0.15) is 0 Å². The summed E-state index contributed by atoms with van der Waals surface area (Å²) in [5.41, 5.74) is 0.282. The second kappa shape index (κ2) is 4.86. The highest BCUT2D eigenvalue weighted by Crippen LogP contribution is 2.18. The molecule has 0 aliphatic heterocycles. The molecular weight excluding hydrogens is 229 g/mol. The summed E-state index contributed by atoms with van der Waals surface area (Å²) < 4.78 is 39.3. The Morgan fingerprint density at radius 3 is 2.41 bits per heavy atom. The van der Waals surface area contributed by atoms with Gasteiger partial charge in [-0.05, 0) is 23.8 Å². The molecule has 0 saturated carbocycles. The Labute approximate surface area is 96.1 Å². The maximum Gasteiger partial charge on any atom is 0.149 e. The quantitative estimate of drug-likeness (QED) is 0.888. The summed E-state index contributed by atoms with van der Waals surface area (Å²) in [5, 5.41) is 2.57. The fraction of sp³-hybridized carbons (Fsp3) is 0.0833. The van der Waals surface area contributed by atoms with Crippen LogP contribution < -0.4 is 5.32 Å². The number of halogens is 3. The van der Waals surface area contributed by atoms with Crippen molar-refractivity contribution < 1.29 is 13.2 Å². The maximum atomic E-state index is 13.2. The summed E-state index contributed by atoms with van der Waals surface area (Å²) in [4.78, 5) is 3.64. The highest BCUT2D eigenvalue weighted by molar-refractivity contribution is 5.46. The van der Waals surface area contributed by atoms with E-state index in [0.717, 1.165) is 18.3 Å². The van der Waals surface area contributed by atoms with E-state index in [1.807, 2.05) is 0 Å². The topological polar surface area (TPSA) is 24.9 Å². The molecule has 0 bridgehead atoms. The average molecular weight is 238 g/mol. The molecule has 0 aliphatic rings. The van der Waals surface area contributed by atoms with Gasteiger partial charge in [-0.1, -0.05) is 6.07 Å². The molecule has 2 aromatic rings. The SMILES string of the molecule is Fc1cncc(CNc2c(F)cccc2F)c1. The molecule has 0 saturated heterocycles. The molecule has 2 nitrogen and oxygen atoms in total. The van der Waals surface area contributed by atoms with Gasteiger partial charge in [0.05, 0.1) is 6.20 Å². The highest BCUT2D eigenvalue weighted by Gasteiger charge is 2.07. The smallest absolute Gasteiger partial charge is 0.149 e. The van der Waals surface area contributed by atoms with E-state index < -0.39 is 17.5 Å². The lowest BCUT2D eigenvalue weighted by Crippen LogP contribution is -2.04. The first kappa shape index (κ1) is 11.4. The van der Waals surface area contributed by atoms with Gasteiger partial charge in [0.15, 0.2) is 0 Å². The first-order chi connectivity index (χ1) is 8.16. The largest absolute Gasteiger partial charge is 0.376 e. The molecule has 0 amide bonds. The van der Waals surface area contributed by atoms with Crippen molar-refractivity contribution in [2.45, 2.75) is 6.54 Å². The Morgan fingerprint density at radius 2 is 1.76 bits per heavy atom. The average Bonchev–Trinajstić information content (AvgIpc) is 2.28. The molecule has 0 unspecified atom stereocenters. The first-order valence-electron chi connectivity index (χ1n) is 4.94. The van der Waals surface area contributed by atoms with Crippen LogP contribution in [0.3, 0.4) is 0 Å². The van der Waals surface area contributed by atoms with E-state index in [2.05, 4.69) is 10.3 Å². The standard InChI is InChI=1S/C12H9F3N2/c13-9-4-8(5-16-7-9)6-17-12-10(14)2-1-3-11(12)15/h1-5,7,17H,6H2. The number of rotatable bonds is 3. The molecule has 0 fully saturated rings. The summed E-state index contributed by atoms with van der Waals surface area (Å²) in [5.74, 6) is -1.86. The van der Waals surface area contributed by atoms with E-state index in [0.29, 0.717) is 5.56 Å². The molecule has 1 heterocycles. The molecule has 5 heteroatoms. The van der Waals surface area contributed by atoms with Crippen molar-refractivity contribution in [1.29, 1.82) is 0 Å². The fourth-order valence-electron chi connectivity index (χ4n) is 1.41. The lowest BCUT2D eigenvalue weighted by molar-refractivity contribution is 0.587. The summed E-state index contributed by atoms with van der Waals surface area (Å²) in [6.45, 7) is 0.0998. The fourth-order valence-corrected chi connectivity index (χ4v) is 1.41. The number of hydrogen-bond donors (Lipinski definition) is 1. The monoisotopic (exact) mass is 238 g/mol. The molecule has 1 N–H and O–H groups in total. The minimum atomic E-state index is -0.686. The minimum absolute atomic E-state index is 0.0998. The number of anilines is 1. The van der Waals surface area contributed by atoms with Gasteiger partial charge in [0.25, 0.3) is 0 Å². The van der Waals surface area contributed by atoms with Crippen molar-refractivity contribution in [3.63, 3.8) is 0 Å². The van der Waals surface area contributed by atoms with Gasteiger partial charge >= 0.3 is 0 Å². The van der Waals surface area contributed by atoms with E-state index in [-0.39, 0.29) is 12.2 Å². The van der Waals surface area contributed by atoms with Crippen LogP contribution in [0.15, 0.2) is 36.7 Å². The van der Waals surface area contributed by atoms with Gasteiger partial charge in [0, 0.05) is 12.7 Å². The number of aromatic nitrogens is 1. The molecule has 17 heavy (non-hydrogen) atoms. The highest BCUT2D eigenvalue weighted by atomic mass is 19.1. The van der Waals surface area contributed by atoms with Crippen LogP contribution in [0.4, 0.5) is 18.9 Å². The first-order valence-corrected chi connectivity index (χ1v) is 4.94. The van der Waals surface area contributed by atoms with Crippen molar-refractivity contribution in [1.82, 2.24) is 4.98 Å². The third-order valence-corrected chi connectivity index (χ3v) is 2.19. The van der Waals surface area contributed by atoms with Gasteiger partial charge in [-0.3, -0.25) is 4.98 Å². The van der Waals surface area contributed by atoms with E-state index in [1.165, 1.54) is 18.3 Å². The van der Waals surface area contributed by atoms with Crippen molar-refractivity contribution in [2.75, 3.05) is 5.32 Å². The third kappa shape index (κ3) is 2.75. The predicted octanol–water partition coefficient (Wildman–Crippen LogP) is 3.11. The molecule has 2 rings (SSSR count). The zero-order valence-electron chi connectivity index (χ0n) is 8.75. The van der Waals surface area contributed by atoms with Crippen LogP contribution in [0, 0.1) is 17.5 Å². The number of pyridine rings is 1. The van der Waals surface area contributed by atoms with Crippen molar-refractivity contribution in [3.05, 3.63) is 59.7 Å². The van der Waals surface area contributed by atoms with E-state index in [4.69, 9.17) is 0 Å². The summed E-state index contributed by atoms with van der Waals surface area (Å²) in [7, 11) is 0. The minimum Gasteiger partial charge on any atom is -0.376 e. The Balaban J connectivity index is 2.13. The van der Waals surface area contributed by atoms with Crippen molar-refractivity contribution in [2.24, 2.45) is 0 Å². The van der Waals surface area contributed by atoms with Crippen LogP contribution in [0.5, 0.6) is 0 Å². The van der Waals surface area contributed by atoms with E-state index >= 15 is 0 Å². The van der Waals surface area contributed by atoms with Crippen LogP contribution in [0.2, 0.25) is 0 Å². The van der Waals surface area contributed by atoms with Gasteiger partial charge in [0.1, 0.15) is 23.1 Å². The van der Waals surface area contributed by atoms with Crippen LogP contribution in [0.1, 0.15) is 5.56 Å². The molecule has 0 spiro atoms. The summed E-state index contributed by atoms with van der Waals surface area (Å²) in [6.07, 6.45) is 2.49. The number of hydrogen-bond acceptors (Lipinski definition) is 2. The lowest BCUT2D eigenvalue weighted by Gasteiger charge is -2.08. The third-order valence-electron chi connectivity index (χ3n) is 2.19. The molecule has 1 aromatic carbocycles. The van der Waals surface area contributed by atoms with Crippen LogP contribution >= 0.6 is 0 Å². The maximum absolute atomic E-state index is 13.2. The lowest BCUT2D eigenvalue weighted by atomic mass is 10.2. The second-order valence-electron chi connectivity index (χ2n) is 3.46.